The SMILES string of the molecule is CC(C)Cn1ncnc1CNCC1CCC(Cl)C1. The fourth-order valence-electron chi connectivity index (χ4n) is 2.51. The highest BCUT2D eigenvalue weighted by Crippen LogP contribution is 2.28. The van der Waals surface area contributed by atoms with Gasteiger partial charge in [-0.1, -0.05) is 13.8 Å². The van der Waals surface area contributed by atoms with E-state index in [-0.39, 0.29) is 0 Å². The molecule has 0 spiro atoms. The van der Waals surface area contributed by atoms with Crippen molar-refractivity contribution in [1.29, 1.82) is 0 Å². The van der Waals surface area contributed by atoms with Gasteiger partial charge in [0, 0.05) is 11.9 Å². The largest absolute Gasteiger partial charge is 0.310 e. The van der Waals surface area contributed by atoms with Crippen molar-refractivity contribution in [3.8, 4) is 0 Å². The number of halogens is 1. The number of hydrogen-bond acceptors (Lipinski definition) is 3. The zero-order valence-electron chi connectivity index (χ0n) is 11.3. The van der Waals surface area contributed by atoms with Gasteiger partial charge in [0.25, 0.3) is 0 Å². The number of aromatic nitrogens is 3. The predicted molar refractivity (Wildman–Crippen MR) is 73.5 cm³/mol. The summed E-state index contributed by atoms with van der Waals surface area (Å²) in [5.41, 5.74) is 0. The average molecular weight is 271 g/mol. The molecule has 1 aliphatic rings. The van der Waals surface area contributed by atoms with Crippen LogP contribution in [0.1, 0.15) is 38.9 Å². The molecule has 5 heteroatoms. The molecule has 0 aromatic carbocycles. The molecule has 2 atom stereocenters. The van der Waals surface area contributed by atoms with Crippen LogP contribution in [0.5, 0.6) is 0 Å². The van der Waals surface area contributed by atoms with Crippen LogP contribution < -0.4 is 5.32 Å². The monoisotopic (exact) mass is 270 g/mol. The zero-order chi connectivity index (χ0) is 13.0. The van der Waals surface area contributed by atoms with Crippen LogP contribution in [0.3, 0.4) is 0 Å². The summed E-state index contributed by atoms with van der Waals surface area (Å²) in [5, 5.41) is 8.14. The number of nitrogens with zero attached hydrogens (tertiary/aromatic N) is 3. The second-order valence-corrected chi connectivity index (χ2v) is 6.28. The third-order valence-corrected chi connectivity index (χ3v) is 3.82. The number of hydrogen-bond donors (Lipinski definition) is 1. The molecule has 1 aromatic heterocycles. The Morgan fingerprint density at radius 1 is 1.50 bits per heavy atom. The first-order valence-corrected chi connectivity index (χ1v) is 7.30. The van der Waals surface area contributed by atoms with E-state index in [0.29, 0.717) is 11.3 Å². The first-order valence-electron chi connectivity index (χ1n) is 6.86. The minimum absolute atomic E-state index is 0.390. The van der Waals surface area contributed by atoms with Crippen molar-refractivity contribution in [2.75, 3.05) is 6.54 Å². The van der Waals surface area contributed by atoms with E-state index >= 15 is 0 Å². The summed E-state index contributed by atoms with van der Waals surface area (Å²) in [6, 6.07) is 0. The molecule has 0 radical (unpaired) electrons. The fraction of sp³-hybridized carbons (Fsp3) is 0.846. The van der Waals surface area contributed by atoms with Gasteiger partial charge in [0.2, 0.25) is 0 Å². The number of alkyl halides is 1. The fourth-order valence-corrected chi connectivity index (χ4v) is 2.89. The smallest absolute Gasteiger partial charge is 0.140 e. The molecule has 1 N–H and O–H groups in total. The van der Waals surface area contributed by atoms with E-state index < -0.39 is 0 Å². The van der Waals surface area contributed by atoms with Gasteiger partial charge in [-0.2, -0.15) is 5.10 Å². The predicted octanol–water partition coefficient (Wildman–Crippen LogP) is 2.43. The topological polar surface area (TPSA) is 42.7 Å². The Kier molecular flexibility index (Phi) is 5.01. The summed E-state index contributed by atoms with van der Waals surface area (Å²) in [6.45, 7) is 7.16. The van der Waals surface area contributed by atoms with Gasteiger partial charge in [-0.3, -0.25) is 0 Å². The highest BCUT2D eigenvalue weighted by atomic mass is 35.5. The summed E-state index contributed by atoms with van der Waals surface area (Å²) in [4.78, 5) is 4.31. The van der Waals surface area contributed by atoms with Crippen molar-refractivity contribution in [2.24, 2.45) is 11.8 Å². The average Bonchev–Trinajstić information content (AvgIpc) is 2.88. The molecule has 0 saturated heterocycles. The Bertz CT molecular complexity index is 364. The van der Waals surface area contributed by atoms with Crippen molar-refractivity contribution < 1.29 is 0 Å². The van der Waals surface area contributed by atoms with Gasteiger partial charge < -0.3 is 5.32 Å². The maximum atomic E-state index is 6.11. The normalized spacial score (nSPS) is 24.0. The Labute approximate surface area is 114 Å². The van der Waals surface area contributed by atoms with Gasteiger partial charge in [0.15, 0.2) is 0 Å². The van der Waals surface area contributed by atoms with Crippen LogP contribution in [0.25, 0.3) is 0 Å². The van der Waals surface area contributed by atoms with Crippen LogP contribution in [-0.2, 0) is 13.1 Å². The van der Waals surface area contributed by atoms with E-state index in [2.05, 4.69) is 29.2 Å². The Morgan fingerprint density at radius 2 is 2.33 bits per heavy atom. The van der Waals surface area contributed by atoms with E-state index in [1.807, 2.05) is 4.68 Å². The van der Waals surface area contributed by atoms with E-state index in [0.717, 1.165) is 44.2 Å². The summed E-state index contributed by atoms with van der Waals surface area (Å²) in [6.07, 6.45) is 5.20. The molecular formula is C13H23ClN4. The van der Waals surface area contributed by atoms with Crippen LogP contribution in [0.15, 0.2) is 6.33 Å². The summed E-state index contributed by atoms with van der Waals surface area (Å²) < 4.78 is 2.00. The standard InChI is InChI=1S/C13H23ClN4/c1-10(2)8-18-13(16-9-17-18)7-15-6-11-3-4-12(14)5-11/h9-12,15H,3-8H2,1-2H3. The lowest BCUT2D eigenvalue weighted by Crippen LogP contribution is -2.24. The molecule has 2 unspecified atom stereocenters. The first-order chi connectivity index (χ1) is 8.65. The van der Waals surface area contributed by atoms with Crippen LogP contribution in [0.4, 0.5) is 0 Å². The molecule has 1 heterocycles. The van der Waals surface area contributed by atoms with Crippen molar-refractivity contribution >= 4 is 11.6 Å². The number of rotatable bonds is 6. The van der Waals surface area contributed by atoms with Gasteiger partial charge in [-0.25, -0.2) is 9.67 Å². The van der Waals surface area contributed by atoms with Crippen molar-refractivity contribution in [2.45, 2.75) is 51.6 Å². The number of nitrogens with one attached hydrogen (secondary N) is 1. The molecule has 2 rings (SSSR count). The Hall–Kier alpha value is -0.610. The second-order valence-electron chi connectivity index (χ2n) is 5.66. The Morgan fingerprint density at radius 3 is 3.00 bits per heavy atom. The molecule has 0 amide bonds. The molecule has 18 heavy (non-hydrogen) atoms. The summed E-state index contributed by atoms with van der Waals surface area (Å²) >= 11 is 6.11. The lowest BCUT2D eigenvalue weighted by Gasteiger charge is -2.12. The molecule has 1 aliphatic carbocycles. The van der Waals surface area contributed by atoms with E-state index in [1.54, 1.807) is 6.33 Å². The third-order valence-electron chi connectivity index (χ3n) is 3.43. The highest BCUT2D eigenvalue weighted by Gasteiger charge is 2.22. The maximum absolute atomic E-state index is 6.11. The van der Waals surface area contributed by atoms with E-state index in [4.69, 9.17) is 11.6 Å². The molecule has 0 aliphatic heterocycles. The Balaban J connectivity index is 1.74. The molecule has 102 valence electrons. The summed E-state index contributed by atoms with van der Waals surface area (Å²) in [7, 11) is 0. The molecule has 1 fully saturated rings. The molecular weight excluding hydrogens is 248 g/mol. The van der Waals surface area contributed by atoms with Crippen molar-refractivity contribution in [3.63, 3.8) is 0 Å². The molecule has 0 bridgehead atoms. The molecule has 1 saturated carbocycles. The van der Waals surface area contributed by atoms with Crippen molar-refractivity contribution in [3.05, 3.63) is 12.2 Å². The minimum atomic E-state index is 0.390. The third kappa shape index (κ3) is 3.95. The van der Waals surface area contributed by atoms with Crippen LogP contribution in [-0.4, -0.2) is 26.7 Å². The van der Waals surface area contributed by atoms with Crippen molar-refractivity contribution in [1.82, 2.24) is 20.1 Å². The zero-order valence-corrected chi connectivity index (χ0v) is 12.0. The lowest BCUT2D eigenvalue weighted by atomic mass is 10.1. The molecule has 1 aromatic rings. The molecule has 4 nitrogen and oxygen atoms in total. The van der Waals surface area contributed by atoms with Gasteiger partial charge in [-0.05, 0) is 37.6 Å². The van der Waals surface area contributed by atoms with Crippen LogP contribution in [0.2, 0.25) is 0 Å². The van der Waals surface area contributed by atoms with Crippen LogP contribution in [0, 0.1) is 11.8 Å². The van der Waals surface area contributed by atoms with Gasteiger partial charge >= 0.3 is 0 Å². The lowest BCUT2D eigenvalue weighted by molar-refractivity contribution is 0.441. The van der Waals surface area contributed by atoms with Crippen LogP contribution >= 0.6 is 11.6 Å². The van der Waals surface area contributed by atoms with Gasteiger partial charge in [-0.15, -0.1) is 11.6 Å². The van der Waals surface area contributed by atoms with E-state index in [1.165, 1.54) is 6.42 Å². The van der Waals surface area contributed by atoms with Gasteiger partial charge in [0.1, 0.15) is 12.2 Å². The van der Waals surface area contributed by atoms with E-state index in [9.17, 15) is 0 Å². The highest BCUT2D eigenvalue weighted by molar-refractivity contribution is 6.20. The first kappa shape index (κ1) is 13.8. The summed E-state index contributed by atoms with van der Waals surface area (Å²) in [5.74, 6) is 2.36. The second kappa shape index (κ2) is 6.53. The quantitative estimate of drug-likeness (QED) is 0.808. The maximum Gasteiger partial charge on any atom is 0.140 e. The minimum Gasteiger partial charge on any atom is -0.310 e. The van der Waals surface area contributed by atoms with Gasteiger partial charge in [0.05, 0.1) is 6.54 Å².